The van der Waals surface area contributed by atoms with Crippen molar-refractivity contribution in [3.63, 3.8) is 0 Å². The highest BCUT2D eigenvalue weighted by Crippen LogP contribution is 2.12. The summed E-state index contributed by atoms with van der Waals surface area (Å²) in [6, 6.07) is 9.52. The molecule has 0 saturated heterocycles. The average Bonchev–Trinajstić information content (AvgIpc) is 2.25. The van der Waals surface area contributed by atoms with E-state index in [4.69, 9.17) is 9.47 Å². The zero-order valence-electron chi connectivity index (χ0n) is 9.10. The molecule has 3 nitrogen and oxygen atoms in total. The van der Waals surface area contributed by atoms with Crippen LogP contribution in [-0.4, -0.2) is 18.7 Å². The molecule has 0 aromatic heterocycles. The van der Waals surface area contributed by atoms with Crippen LogP contribution in [0.3, 0.4) is 0 Å². The lowest BCUT2D eigenvalue weighted by atomic mass is 10.3. The molecular weight excluding hydrogens is 192 g/mol. The Morgan fingerprint density at radius 3 is 2.53 bits per heavy atom. The Bertz CT molecular complexity index is 295. The van der Waals surface area contributed by atoms with Crippen molar-refractivity contribution in [2.45, 2.75) is 26.4 Å². The zero-order chi connectivity index (χ0) is 11.1. The maximum Gasteiger partial charge on any atom is 0.302 e. The van der Waals surface area contributed by atoms with Crippen LogP contribution in [0.15, 0.2) is 30.3 Å². The van der Waals surface area contributed by atoms with E-state index in [-0.39, 0.29) is 12.1 Å². The number of esters is 1. The Morgan fingerprint density at radius 2 is 2.00 bits per heavy atom. The molecule has 1 aromatic carbocycles. The van der Waals surface area contributed by atoms with E-state index in [1.165, 1.54) is 6.92 Å². The number of benzene rings is 1. The van der Waals surface area contributed by atoms with Gasteiger partial charge in [0.1, 0.15) is 18.5 Å². The minimum Gasteiger partial charge on any atom is -0.487 e. The van der Waals surface area contributed by atoms with Gasteiger partial charge in [0.15, 0.2) is 0 Å². The molecule has 0 amide bonds. The summed E-state index contributed by atoms with van der Waals surface area (Å²) in [5.74, 6) is 0.529. The van der Waals surface area contributed by atoms with Gasteiger partial charge in [-0.3, -0.25) is 4.79 Å². The quantitative estimate of drug-likeness (QED) is 0.697. The Kier molecular flexibility index (Phi) is 4.68. The summed E-state index contributed by atoms with van der Waals surface area (Å²) in [4.78, 5) is 10.6. The molecule has 0 aliphatic carbocycles. The van der Waals surface area contributed by atoms with Gasteiger partial charge in [-0.05, 0) is 18.6 Å². The van der Waals surface area contributed by atoms with E-state index in [9.17, 15) is 4.79 Å². The molecule has 0 saturated carbocycles. The van der Waals surface area contributed by atoms with Crippen LogP contribution >= 0.6 is 0 Å². The number of hydrogen-bond acceptors (Lipinski definition) is 3. The van der Waals surface area contributed by atoms with Crippen molar-refractivity contribution in [3.05, 3.63) is 30.3 Å². The molecule has 15 heavy (non-hydrogen) atoms. The predicted octanol–water partition coefficient (Wildman–Crippen LogP) is 2.41. The fourth-order valence-electron chi connectivity index (χ4n) is 1.14. The lowest BCUT2D eigenvalue weighted by Crippen LogP contribution is -2.23. The topological polar surface area (TPSA) is 35.5 Å². The molecule has 0 bridgehead atoms. The van der Waals surface area contributed by atoms with E-state index in [1.807, 2.05) is 37.3 Å². The van der Waals surface area contributed by atoms with Gasteiger partial charge in [0.05, 0.1) is 0 Å². The largest absolute Gasteiger partial charge is 0.487 e. The second kappa shape index (κ2) is 6.06. The van der Waals surface area contributed by atoms with Gasteiger partial charge in [0.25, 0.3) is 0 Å². The van der Waals surface area contributed by atoms with Crippen molar-refractivity contribution in [3.8, 4) is 5.75 Å². The van der Waals surface area contributed by atoms with Crippen LogP contribution in [0, 0.1) is 0 Å². The van der Waals surface area contributed by atoms with Crippen molar-refractivity contribution < 1.29 is 14.3 Å². The minimum atomic E-state index is -0.273. The highest BCUT2D eigenvalue weighted by Gasteiger charge is 2.09. The summed E-state index contributed by atoms with van der Waals surface area (Å²) >= 11 is 0. The summed E-state index contributed by atoms with van der Waals surface area (Å²) in [7, 11) is 0. The monoisotopic (exact) mass is 208 g/mol. The third kappa shape index (κ3) is 4.49. The second-order valence-corrected chi connectivity index (χ2v) is 3.26. The third-order valence-electron chi connectivity index (χ3n) is 1.97. The Hall–Kier alpha value is -1.51. The van der Waals surface area contributed by atoms with Gasteiger partial charge < -0.3 is 9.47 Å². The maximum atomic E-state index is 10.6. The minimum absolute atomic E-state index is 0.0729. The first kappa shape index (κ1) is 11.6. The fourth-order valence-corrected chi connectivity index (χ4v) is 1.14. The molecule has 0 aliphatic heterocycles. The molecule has 1 aromatic rings. The molecule has 3 heteroatoms. The van der Waals surface area contributed by atoms with Gasteiger partial charge in [-0.25, -0.2) is 0 Å². The predicted molar refractivity (Wildman–Crippen MR) is 57.8 cm³/mol. The summed E-state index contributed by atoms with van der Waals surface area (Å²) in [6.07, 6.45) is 0.735. The second-order valence-electron chi connectivity index (χ2n) is 3.26. The summed E-state index contributed by atoms with van der Waals surface area (Å²) in [5, 5.41) is 0. The standard InChI is InChI=1S/C12H16O3/c1-3-11(9-14-10(2)13)15-12-7-5-4-6-8-12/h4-8,11H,3,9H2,1-2H3. The Labute approximate surface area is 90.0 Å². The third-order valence-corrected chi connectivity index (χ3v) is 1.97. The molecule has 0 radical (unpaired) electrons. The highest BCUT2D eigenvalue weighted by molar-refractivity contribution is 5.65. The molecule has 0 aliphatic rings. The number of carbonyl (C=O) groups excluding carboxylic acids is 1. The number of para-hydroxylation sites is 1. The molecule has 0 N–H and O–H groups in total. The molecule has 82 valence electrons. The van der Waals surface area contributed by atoms with Crippen molar-refractivity contribution in [2.24, 2.45) is 0 Å². The molecule has 1 rings (SSSR count). The lowest BCUT2D eigenvalue weighted by molar-refractivity contribution is -0.143. The van der Waals surface area contributed by atoms with Crippen LogP contribution < -0.4 is 4.74 Å². The van der Waals surface area contributed by atoms with Gasteiger partial charge in [-0.1, -0.05) is 25.1 Å². The normalized spacial score (nSPS) is 11.9. The van der Waals surface area contributed by atoms with Gasteiger partial charge in [-0.15, -0.1) is 0 Å². The molecule has 0 heterocycles. The number of hydrogen-bond donors (Lipinski definition) is 0. The maximum absolute atomic E-state index is 10.6. The van der Waals surface area contributed by atoms with E-state index < -0.39 is 0 Å². The van der Waals surface area contributed by atoms with Crippen molar-refractivity contribution >= 4 is 5.97 Å². The number of carbonyl (C=O) groups is 1. The summed E-state index contributed by atoms with van der Waals surface area (Å²) in [5.41, 5.74) is 0. The number of rotatable bonds is 5. The van der Waals surface area contributed by atoms with Crippen LogP contribution in [-0.2, 0) is 9.53 Å². The van der Waals surface area contributed by atoms with Crippen LogP contribution in [0.5, 0.6) is 5.75 Å². The Balaban J connectivity index is 2.43. The molecule has 0 fully saturated rings. The highest BCUT2D eigenvalue weighted by atomic mass is 16.6. The van der Waals surface area contributed by atoms with Gasteiger partial charge in [-0.2, -0.15) is 0 Å². The van der Waals surface area contributed by atoms with Crippen LogP contribution in [0.4, 0.5) is 0 Å². The SMILES string of the molecule is CCC(COC(C)=O)Oc1ccccc1. The van der Waals surface area contributed by atoms with E-state index in [2.05, 4.69) is 0 Å². The zero-order valence-corrected chi connectivity index (χ0v) is 9.10. The average molecular weight is 208 g/mol. The van der Waals surface area contributed by atoms with Crippen LogP contribution in [0.1, 0.15) is 20.3 Å². The first-order valence-corrected chi connectivity index (χ1v) is 5.07. The molecule has 0 spiro atoms. The first-order valence-electron chi connectivity index (χ1n) is 5.07. The van der Waals surface area contributed by atoms with E-state index >= 15 is 0 Å². The molecule has 1 atom stereocenters. The van der Waals surface area contributed by atoms with Gasteiger partial charge in [0, 0.05) is 6.92 Å². The van der Waals surface area contributed by atoms with Crippen molar-refractivity contribution in [1.29, 1.82) is 0 Å². The van der Waals surface area contributed by atoms with Gasteiger partial charge in [0.2, 0.25) is 0 Å². The fraction of sp³-hybridized carbons (Fsp3) is 0.417. The molecular formula is C12H16O3. The smallest absolute Gasteiger partial charge is 0.302 e. The van der Waals surface area contributed by atoms with Gasteiger partial charge >= 0.3 is 5.97 Å². The Morgan fingerprint density at radius 1 is 1.33 bits per heavy atom. The van der Waals surface area contributed by atoms with E-state index in [0.717, 1.165) is 12.2 Å². The lowest BCUT2D eigenvalue weighted by Gasteiger charge is -2.16. The summed E-state index contributed by atoms with van der Waals surface area (Å²) in [6.45, 7) is 3.70. The number of ether oxygens (including phenoxy) is 2. The van der Waals surface area contributed by atoms with Crippen LogP contribution in [0.25, 0.3) is 0 Å². The van der Waals surface area contributed by atoms with Crippen molar-refractivity contribution in [2.75, 3.05) is 6.61 Å². The summed E-state index contributed by atoms with van der Waals surface area (Å²) < 4.78 is 10.5. The van der Waals surface area contributed by atoms with E-state index in [0.29, 0.717) is 6.61 Å². The first-order chi connectivity index (χ1) is 7.22. The van der Waals surface area contributed by atoms with E-state index in [1.54, 1.807) is 0 Å². The van der Waals surface area contributed by atoms with Crippen molar-refractivity contribution in [1.82, 2.24) is 0 Å². The molecule has 1 unspecified atom stereocenters. The van der Waals surface area contributed by atoms with Crippen LogP contribution in [0.2, 0.25) is 0 Å².